The molecule has 0 saturated carbocycles. The molecule has 0 aliphatic carbocycles. The lowest BCUT2D eigenvalue weighted by Crippen LogP contribution is -2.58. The normalized spacial score (nSPS) is 34.5. The zero-order chi connectivity index (χ0) is 12.6. The average Bonchev–Trinajstić information content (AvgIpc) is 2.49. The van der Waals surface area contributed by atoms with Crippen LogP contribution >= 0.6 is 0 Å². The summed E-state index contributed by atoms with van der Waals surface area (Å²) in [6.07, 6.45) is 2.83. The SMILES string of the molecule is C=Cc1ccc(C23OCC(CC)(CO2)CO3)cc1. The van der Waals surface area contributed by atoms with E-state index >= 15 is 0 Å². The number of hydrogen-bond donors (Lipinski definition) is 0. The van der Waals surface area contributed by atoms with Crippen molar-refractivity contribution in [3.8, 4) is 0 Å². The molecular formula is C15H18O3. The fourth-order valence-corrected chi connectivity index (χ4v) is 2.37. The summed E-state index contributed by atoms with van der Waals surface area (Å²) in [6, 6.07) is 7.93. The first-order valence-electron chi connectivity index (χ1n) is 6.37. The van der Waals surface area contributed by atoms with Crippen molar-refractivity contribution in [2.75, 3.05) is 19.8 Å². The highest BCUT2D eigenvalue weighted by molar-refractivity contribution is 5.47. The second kappa shape index (κ2) is 4.19. The summed E-state index contributed by atoms with van der Waals surface area (Å²) in [5.74, 6) is -0.989. The van der Waals surface area contributed by atoms with Gasteiger partial charge in [0.2, 0.25) is 0 Å². The van der Waals surface area contributed by atoms with E-state index in [2.05, 4.69) is 13.5 Å². The molecule has 0 amide bonds. The fraction of sp³-hybridized carbons (Fsp3) is 0.467. The van der Waals surface area contributed by atoms with E-state index < -0.39 is 5.97 Å². The molecule has 96 valence electrons. The third-order valence-electron chi connectivity index (χ3n) is 3.96. The van der Waals surface area contributed by atoms with Crippen LogP contribution in [-0.2, 0) is 20.2 Å². The molecule has 3 heterocycles. The van der Waals surface area contributed by atoms with Crippen molar-refractivity contribution in [2.24, 2.45) is 5.41 Å². The van der Waals surface area contributed by atoms with Crippen LogP contribution in [0.1, 0.15) is 24.5 Å². The monoisotopic (exact) mass is 246 g/mol. The van der Waals surface area contributed by atoms with Crippen LogP contribution < -0.4 is 0 Å². The van der Waals surface area contributed by atoms with Gasteiger partial charge >= 0.3 is 5.97 Å². The molecule has 4 rings (SSSR count). The highest BCUT2D eigenvalue weighted by Crippen LogP contribution is 2.45. The topological polar surface area (TPSA) is 27.7 Å². The Morgan fingerprint density at radius 3 is 2.11 bits per heavy atom. The summed E-state index contributed by atoms with van der Waals surface area (Å²) < 4.78 is 17.5. The quantitative estimate of drug-likeness (QED) is 0.820. The van der Waals surface area contributed by atoms with Crippen LogP contribution in [0, 0.1) is 5.41 Å². The second-order valence-corrected chi connectivity index (χ2v) is 5.10. The molecule has 1 aromatic carbocycles. The Bertz CT molecular complexity index is 425. The van der Waals surface area contributed by atoms with E-state index in [1.807, 2.05) is 30.3 Å². The van der Waals surface area contributed by atoms with Crippen LogP contribution in [0.4, 0.5) is 0 Å². The van der Waals surface area contributed by atoms with Gasteiger partial charge in [-0.05, 0) is 12.0 Å². The second-order valence-electron chi connectivity index (χ2n) is 5.10. The van der Waals surface area contributed by atoms with Crippen molar-refractivity contribution < 1.29 is 14.2 Å². The van der Waals surface area contributed by atoms with Crippen LogP contribution in [0.15, 0.2) is 30.8 Å². The first kappa shape index (κ1) is 11.9. The van der Waals surface area contributed by atoms with Crippen LogP contribution in [-0.4, -0.2) is 19.8 Å². The molecule has 0 radical (unpaired) electrons. The number of benzene rings is 1. The van der Waals surface area contributed by atoms with Crippen molar-refractivity contribution in [2.45, 2.75) is 19.3 Å². The summed E-state index contributed by atoms with van der Waals surface area (Å²) in [4.78, 5) is 0. The minimum absolute atomic E-state index is 0.0445. The minimum Gasteiger partial charge on any atom is -0.323 e. The third-order valence-corrected chi connectivity index (χ3v) is 3.96. The van der Waals surface area contributed by atoms with Gasteiger partial charge in [-0.2, -0.15) is 0 Å². The van der Waals surface area contributed by atoms with E-state index in [0.29, 0.717) is 19.8 Å². The van der Waals surface area contributed by atoms with Crippen molar-refractivity contribution in [1.29, 1.82) is 0 Å². The lowest BCUT2D eigenvalue weighted by atomic mass is 9.85. The molecule has 1 aromatic rings. The Morgan fingerprint density at radius 2 is 1.67 bits per heavy atom. The molecule has 0 atom stereocenters. The highest BCUT2D eigenvalue weighted by Gasteiger charge is 2.52. The van der Waals surface area contributed by atoms with Gasteiger partial charge in [0.05, 0.1) is 19.8 Å². The number of rotatable bonds is 3. The largest absolute Gasteiger partial charge is 0.323 e. The van der Waals surface area contributed by atoms with Crippen LogP contribution in [0.3, 0.4) is 0 Å². The third kappa shape index (κ3) is 1.70. The van der Waals surface area contributed by atoms with E-state index in [4.69, 9.17) is 14.2 Å². The van der Waals surface area contributed by atoms with Crippen LogP contribution in [0.2, 0.25) is 0 Å². The molecule has 0 aromatic heterocycles. The lowest BCUT2D eigenvalue weighted by molar-refractivity contribution is -0.480. The molecule has 3 saturated heterocycles. The van der Waals surface area contributed by atoms with Crippen molar-refractivity contribution in [3.63, 3.8) is 0 Å². The van der Waals surface area contributed by atoms with E-state index in [0.717, 1.165) is 17.5 Å². The zero-order valence-corrected chi connectivity index (χ0v) is 10.6. The van der Waals surface area contributed by atoms with Crippen molar-refractivity contribution in [3.05, 3.63) is 42.0 Å². The zero-order valence-electron chi connectivity index (χ0n) is 10.6. The molecule has 3 aliphatic rings. The first-order chi connectivity index (χ1) is 8.72. The van der Waals surface area contributed by atoms with E-state index in [1.165, 1.54) is 0 Å². The Kier molecular flexibility index (Phi) is 2.77. The van der Waals surface area contributed by atoms with Gasteiger partial charge in [-0.1, -0.05) is 43.8 Å². The van der Waals surface area contributed by atoms with Crippen molar-refractivity contribution in [1.82, 2.24) is 0 Å². The molecule has 0 unspecified atom stereocenters. The molecular weight excluding hydrogens is 228 g/mol. The van der Waals surface area contributed by atoms with Gasteiger partial charge in [-0.15, -0.1) is 0 Å². The summed E-state index contributed by atoms with van der Waals surface area (Å²) >= 11 is 0. The predicted octanol–water partition coefficient (Wildman–Crippen LogP) is 2.91. The Morgan fingerprint density at radius 1 is 1.11 bits per heavy atom. The van der Waals surface area contributed by atoms with Gasteiger partial charge in [0.1, 0.15) is 0 Å². The molecule has 18 heavy (non-hydrogen) atoms. The number of hydrogen-bond acceptors (Lipinski definition) is 3. The van der Waals surface area contributed by atoms with Gasteiger partial charge in [0, 0.05) is 11.0 Å². The summed E-state index contributed by atoms with van der Waals surface area (Å²) in [6.45, 7) is 7.99. The average molecular weight is 246 g/mol. The Hall–Kier alpha value is -1.16. The van der Waals surface area contributed by atoms with Gasteiger partial charge in [-0.3, -0.25) is 0 Å². The standard InChI is InChI=1S/C15H18O3/c1-3-12-5-7-13(8-6-12)15-16-9-14(4-2,10-17-15)11-18-15/h3,5-8H,1,4,9-11H2,2H3. The maximum Gasteiger partial charge on any atom is 0.312 e. The van der Waals surface area contributed by atoms with Gasteiger partial charge in [0.25, 0.3) is 0 Å². The Balaban J connectivity index is 1.86. The van der Waals surface area contributed by atoms with Crippen LogP contribution in [0.5, 0.6) is 0 Å². The fourth-order valence-electron chi connectivity index (χ4n) is 2.37. The van der Waals surface area contributed by atoms with Crippen molar-refractivity contribution >= 4 is 6.08 Å². The summed E-state index contributed by atoms with van der Waals surface area (Å²) in [7, 11) is 0. The maximum absolute atomic E-state index is 5.85. The molecule has 3 heteroatoms. The number of fused-ring (bicyclic) bond motifs is 3. The minimum atomic E-state index is -0.989. The van der Waals surface area contributed by atoms with Gasteiger partial charge < -0.3 is 14.2 Å². The van der Waals surface area contributed by atoms with E-state index in [1.54, 1.807) is 0 Å². The van der Waals surface area contributed by atoms with E-state index in [9.17, 15) is 0 Å². The maximum atomic E-state index is 5.85. The molecule has 0 spiro atoms. The van der Waals surface area contributed by atoms with E-state index in [-0.39, 0.29) is 5.41 Å². The molecule has 2 bridgehead atoms. The number of ether oxygens (including phenoxy) is 3. The lowest BCUT2D eigenvalue weighted by Gasteiger charge is -2.51. The van der Waals surface area contributed by atoms with Gasteiger partial charge in [0.15, 0.2) is 0 Å². The molecule has 3 aliphatic heterocycles. The molecule has 3 nitrogen and oxygen atoms in total. The van der Waals surface area contributed by atoms with Crippen LogP contribution in [0.25, 0.3) is 6.08 Å². The predicted molar refractivity (Wildman–Crippen MR) is 68.8 cm³/mol. The molecule has 3 fully saturated rings. The summed E-state index contributed by atoms with van der Waals surface area (Å²) in [5.41, 5.74) is 2.03. The van der Waals surface area contributed by atoms with Gasteiger partial charge in [-0.25, -0.2) is 0 Å². The first-order valence-corrected chi connectivity index (χ1v) is 6.37. The summed E-state index contributed by atoms with van der Waals surface area (Å²) in [5, 5.41) is 0. The Labute approximate surface area is 107 Å². The highest BCUT2D eigenvalue weighted by atomic mass is 16.9. The smallest absolute Gasteiger partial charge is 0.312 e. The molecule has 0 N–H and O–H groups in total.